The Labute approximate surface area is 183 Å². The van der Waals surface area contributed by atoms with Crippen molar-refractivity contribution in [2.75, 3.05) is 11.5 Å². The fourth-order valence-electron chi connectivity index (χ4n) is 4.26. The first-order valence-electron chi connectivity index (χ1n) is 10.3. The van der Waals surface area contributed by atoms with Crippen LogP contribution in [0.15, 0.2) is 64.6 Å². The highest BCUT2D eigenvalue weighted by atomic mass is 19.1. The monoisotopic (exact) mass is 433 g/mol. The quantitative estimate of drug-likeness (QED) is 0.369. The molecule has 3 heterocycles. The fourth-order valence-corrected chi connectivity index (χ4v) is 4.26. The van der Waals surface area contributed by atoms with Gasteiger partial charge < -0.3 is 14.3 Å². The van der Waals surface area contributed by atoms with Crippen LogP contribution in [-0.2, 0) is 16.0 Å². The zero-order chi connectivity index (χ0) is 22.4. The van der Waals surface area contributed by atoms with E-state index in [4.69, 9.17) is 9.15 Å². The molecule has 1 atom stereocenters. The highest BCUT2D eigenvalue weighted by molar-refractivity contribution is 6.51. The summed E-state index contributed by atoms with van der Waals surface area (Å²) in [4.78, 5) is 27.3. The van der Waals surface area contributed by atoms with Crippen LogP contribution in [0.25, 0.3) is 5.76 Å². The second-order valence-electron chi connectivity index (χ2n) is 7.87. The van der Waals surface area contributed by atoms with Crippen molar-refractivity contribution in [1.29, 1.82) is 0 Å². The number of benzene rings is 2. The van der Waals surface area contributed by atoms with Crippen LogP contribution in [0.2, 0.25) is 0 Å². The number of amides is 1. The van der Waals surface area contributed by atoms with Gasteiger partial charge in [0, 0.05) is 11.3 Å². The molecule has 1 amide bonds. The molecule has 5 rings (SSSR count). The number of fused-ring (bicyclic) bond motifs is 1. The maximum absolute atomic E-state index is 13.9. The molecule has 2 aliphatic heterocycles. The minimum absolute atomic E-state index is 0.106. The fraction of sp³-hybridized carbons (Fsp3) is 0.200. The molecule has 1 fully saturated rings. The van der Waals surface area contributed by atoms with E-state index in [-0.39, 0.29) is 17.0 Å². The summed E-state index contributed by atoms with van der Waals surface area (Å²) in [6.45, 7) is 2.37. The number of hydrogen-bond acceptors (Lipinski definition) is 5. The van der Waals surface area contributed by atoms with Crippen LogP contribution in [0, 0.1) is 12.7 Å². The van der Waals surface area contributed by atoms with E-state index in [0.29, 0.717) is 23.7 Å². The molecule has 1 unspecified atom stereocenters. The number of anilines is 1. The molecule has 0 aliphatic carbocycles. The maximum Gasteiger partial charge on any atom is 0.300 e. The Morgan fingerprint density at radius 2 is 1.97 bits per heavy atom. The molecule has 3 aromatic rings. The summed E-state index contributed by atoms with van der Waals surface area (Å²) in [5.41, 5.74) is 1.42. The summed E-state index contributed by atoms with van der Waals surface area (Å²) >= 11 is 0. The van der Waals surface area contributed by atoms with Gasteiger partial charge in [-0.05, 0) is 73.9 Å². The van der Waals surface area contributed by atoms with Gasteiger partial charge >= 0.3 is 0 Å². The van der Waals surface area contributed by atoms with Gasteiger partial charge in [-0.3, -0.25) is 14.5 Å². The zero-order valence-electron chi connectivity index (χ0n) is 17.3. The standard InChI is InChI=1S/C25H20FNO5/c1-14-7-9-20(32-14)22-21(23(28)16-8-10-19-15(12-16)4-3-11-31-19)24(29)25(30)27(22)18-6-2-5-17(26)13-18/h2,5-10,12-13,22,28H,3-4,11H2,1H3/b23-21-. The Hall–Kier alpha value is -3.87. The Kier molecular flexibility index (Phi) is 4.81. The van der Waals surface area contributed by atoms with Gasteiger partial charge in [0.15, 0.2) is 0 Å². The number of carbonyl (C=O) groups is 2. The molecule has 2 aliphatic rings. The highest BCUT2D eigenvalue weighted by Gasteiger charge is 2.48. The number of aliphatic hydroxyl groups excluding tert-OH is 1. The number of aryl methyl sites for hydroxylation is 2. The number of ketones is 1. The van der Waals surface area contributed by atoms with Gasteiger partial charge in [0.25, 0.3) is 11.7 Å². The van der Waals surface area contributed by atoms with Crippen LogP contribution < -0.4 is 9.64 Å². The van der Waals surface area contributed by atoms with Crippen molar-refractivity contribution in [2.45, 2.75) is 25.8 Å². The number of Topliss-reactive ketones (excluding diaryl/α,β-unsaturated/α-hetero) is 1. The van der Waals surface area contributed by atoms with Crippen LogP contribution in [-0.4, -0.2) is 23.4 Å². The number of furan rings is 1. The van der Waals surface area contributed by atoms with Gasteiger partial charge in [0.2, 0.25) is 0 Å². The van der Waals surface area contributed by atoms with Gasteiger partial charge in [-0.15, -0.1) is 0 Å². The topological polar surface area (TPSA) is 80.0 Å². The number of rotatable bonds is 3. The molecule has 0 bridgehead atoms. The normalized spacial score (nSPS) is 19.7. The second kappa shape index (κ2) is 7.67. The van der Waals surface area contributed by atoms with Crippen molar-refractivity contribution < 1.29 is 28.2 Å². The SMILES string of the molecule is Cc1ccc(C2/C(=C(/O)c3ccc4c(c3)CCCO4)C(=O)C(=O)N2c2cccc(F)c2)o1. The lowest BCUT2D eigenvalue weighted by atomic mass is 9.96. The lowest BCUT2D eigenvalue weighted by Crippen LogP contribution is -2.29. The van der Waals surface area contributed by atoms with E-state index in [0.717, 1.165) is 29.1 Å². The van der Waals surface area contributed by atoms with Crippen LogP contribution in [0.3, 0.4) is 0 Å². The van der Waals surface area contributed by atoms with E-state index >= 15 is 0 Å². The molecule has 32 heavy (non-hydrogen) atoms. The van der Waals surface area contributed by atoms with Crippen molar-refractivity contribution >= 4 is 23.1 Å². The largest absolute Gasteiger partial charge is 0.507 e. The number of ether oxygens (including phenoxy) is 1. The number of aliphatic hydroxyl groups is 1. The van der Waals surface area contributed by atoms with Gasteiger partial charge in [-0.25, -0.2) is 4.39 Å². The predicted octanol–water partition coefficient (Wildman–Crippen LogP) is 4.68. The van der Waals surface area contributed by atoms with Crippen LogP contribution in [0.5, 0.6) is 5.75 Å². The van der Waals surface area contributed by atoms with E-state index < -0.39 is 23.5 Å². The Balaban J connectivity index is 1.69. The molecule has 7 heteroatoms. The van der Waals surface area contributed by atoms with E-state index in [9.17, 15) is 19.1 Å². The van der Waals surface area contributed by atoms with Crippen LogP contribution in [0.4, 0.5) is 10.1 Å². The molecule has 0 spiro atoms. The molecule has 1 N–H and O–H groups in total. The Bertz CT molecular complexity index is 1270. The highest BCUT2D eigenvalue weighted by Crippen LogP contribution is 2.43. The number of halogens is 1. The van der Waals surface area contributed by atoms with Gasteiger partial charge in [-0.2, -0.15) is 0 Å². The smallest absolute Gasteiger partial charge is 0.300 e. The van der Waals surface area contributed by atoms with Crippen LogP contribution >= 0.6 is 0 Å². The predicted molar refractivity (Wildman–Crippen MR) is 115 cm³/mol. The molecule has 1 saturated heterocycles. The number of hydrogen-bond donors (Lipinski definition) is 1. The molecule has 0 radical (unpaired) electrons. The van der Waals surface area contributed by atoms with Crippen LogP contribution in [0.1, 0.15) is 35.1 Å². The maximum atomic E-state index is 13.9. The summed E-state index contributed by atoms with van der Waals surface area (Å²) < 4.78 is 25.3. The zero-order valence-corrected chi connectivity index (χ0v) is 17.3. The third kappa shape index (κ3) is 3.26. The Morgan fingerprint density at radius 1 is 1.12 bits per heavy atom. The third-order valence-corrected chi connectivity index (χ3v) is 5.74. The van der Waals surface area contributed by atoms with E-state index in [1.54, 1.807) is 37.3 Å². The lowest BCUT2D eigenvalue weighted by Gasteiger charge is -2.23. The average Bonchev–Trinajstić information content (AvgIpc) is 3.33. The van der Waals surface area contributed by atoms with Gasteiger partial charge in [0.05, 0.1) is 12.2 Å². The average molecular weight is 433 g/mol. The van der Waals surface area contributed by atoms with Crippen molar-refractivity contribution in [3.63, 3.8) is 0 Å². The molecule has 6 nitrogen and oxygen atoms in total. The molecule has 162 valence electrons. The van der Waals surface area contributed by atoms with Gasteiger partial charge in [0.1, 0.15) is 34.9 Å². The Morgan fingerprint density at radius 3 is 2.72 bits per heavy atom. The van der Waals surface area contributed by atoms with Crippen molar-refractivity contribution in [3.05, 3.63) is 88.6 Å². The molecule has 0 saturated carbocycles. The molecular weight excluding hydrogens is 413 g/mol. The minimum atomic E-state index is -1.03. The van der Waals surface area contributed by atoms with E-state index in [2.05, 4.69) is 0 Å². The first-order chi connectivity index (χ1) is 15.4. The van der Waals surface area contributed by atoms with Crippen molar-refractivity contribution in [2.24, 2.45) is 0 Å². The first kappa shape index (κ1) is 20.1. The minimum Gasteiger partial charge on any atom is -0.507 e. The summed E-state index contributed by atoms with van der Waals surface area (Å²) in [5, 5.41) is 11.2. The van der Waals surface area contributed by atoms with Crippen molar-refractivity contribution in [1.82, 2.24) is 0 Å². The summed E-state index contributed by atoms with van der Waals surface area (Å²) in [6.07, 6.45) is 1.64. The summed E-state index contributed by atoms with van der Waals surface area (Å²) in [5.74, 6) is -0.962. The lowest BCUT2D eigenvalue weighted by molar-refractivity contribution is -0.132. The third-order valence-electron chi connectivity index (χ3n) is 5.74. The summed E-state index contributed by atoms with van der Waals surface area (Å²) in [6, 6.07) is 12.9. The first-order valence-corrected chi connectivity index (χ1v) is 10.3. The number of nitrogens with zero attached hydrogens (tertiary/aromatic N) is 1. The van der Waals surface area contributed by atoms with E-state index in [1.165, 1.54) is 24.3 Å². The number of carbonyl (C=O) groups excluding carboxylic acids is 2. The molecular formula is C25H20FNO5. The molecule has 2 aromatic carbocycles. The van der Waals surface area contributed by atoms with Gasteiger partial charge in [-0.1, -0.05) is 6.07 Å². The second-order valence-corrected chi connectivity index (χ2v) is 7.87. The van der Waals surface area contributed by atoms with Crippen molar-refractivity contribution in [3.8, 4) is 5.75 Å². The van der Waals surface area contributed by atoms with E-state index in [1.807, 2.05) is 0 Å². The molecule has 1 aromatic heterocycles. The summed E-state index contributed by atoms with van der Waals surface area (Å²) in [7, 11) is 0.